The number of benzene rings is 2. The van der Waals surface area contributed by atoms with Crippen molar-refractivity contribution in [2.45, 2.75) is 45.4 Å². The Bertz CT molecular complexity index is 782. The van der Waals surface area contributed by atoms with Crippen molar-refractivity contribution in [1.82, 2.24) is 5.32 Å². The second-order valence-corrected chi connectivity index (χ2v) is 7.28. The van der Waals surface area contributed by atoms with Gasteiger partial charge in [-0.1, -0.05) is 56.7 Å². The van der Waals surface area contributed by atoms with Gasteiger partial charge < -0.3 is 5.32 Å². The van der Waals surface area contributed by atoms with Crippen LogP contribution in [-0.4, -0.2) is 18.2 Å². The Morgan fingerprint density at radius 2 is 1.96 bits per heavy atom. The van der Waals surface area contributed by atoms with Crippen molar-refractivity contribution < 1.29 is 9.59 Å². The molecule has 2 aromatic carbocycles. The third kappa shape index (κ3) is 4.04. The van der Waals surface area contributed by atoms with Gasteiger partial charge in [-0.05, 0) is 48.4 Å². The molecule has 3 nitrogen and oxygen atoms in total. The molecule has 1 N–H and O–H groups in total. The molecule has 2 aromatic rings. The van der Waals surface area contributed by atoms with Crippen LogP contribution in [0.5, 0.6) is 0 Å². The van der Waals surface area contributed by atoms with Gasteiger partial charge in [-0.15, -0.1) is 0 Å². The summed E-state index contributed by atoms with van der Waals surface area (Å²) < 4.78 is 0. The van der Waals surface area contributed by atoms with Crippen LogP contribution in [0.1, 0.15) is 70.9 Å². The van der Waals surface area contributed by atoms with E-state index in [1.165, 1.54) is 5.56 Å². The third-order valence-corrected chi connectivity index (χ3v) is 5.34. The molecular formula is C23H27NO2. The molecule has 1 aliphatic carbocycles. The zero-order valence-corrected chi connectivity index (χ0v) is 15.6. The summed E-state index contributed by atoms with van der Waals surface area (Å²) in [5, 5.41) is 3.02. The maximum atomic E-state index is 12.6. The van der Waals surface area contributed by atoms with Crippen LogP contribution in [0.4, 0.5) is 0 Å². The monoisotopic (exact) mass is 349 g/mol. The first-order valence-electron chi connectivity index (χ1n) is 9.60. The number of rotatable bonds is 6. The summed E-state index contributed by atoms with van der Waals surface area (Å²) in [5.41, 5.74) is 3.69. The molecule has 0 saturated carbocycles. The Labute approximate surface area is 155 Å². The summed E-state index contributed by atoms with van der Waals surface area (Å²) >= 11 is 0. The lowest BCUT2D eigenvalue weighted by Crippen LogP contribution is -2.28. The molecule has 0 saturated heterocycles. The van der Waals surface area contributed by atoms with E-state index in [1.807, 2.05) is 30.3 Å². The van der Waals surface area contributed by atoms with Crippen molar-refractivity contribution in [3.8, 4) is 0 Å². The highest BCUT2D eigenvalue weighted by molar-refractivity contribution is 6.02. The summed E-state index contributed by atoms with van der Waals surface area (Å²) in [4.78, 5) is 25.1. The van der Waals surface area contributed by atoms with E-state index in [4.69, 9.17) is 0 Å². The van der Waals surface area contributed by atoms with Crippen LogP contribution in [-0.2, 0) is 6.42 Å². The molecule has 0 spiro atoms. The first-order valence-corrected chi connectivity index (χ1v) is 9.60. The summed E-state index contributed by atoms with van der Waals surface area (Å²) in [6.07, 6.45) is 3.77. The van der Waals surface area contributed by atoms with Crippen molar-refractivity contribution in [2.75, 3.05) is 6.54 Å². The number of carbonyl (C=O) groups is 2. The Kier molecular flexibility index (Phi) is 5.87. The van der Waals surface area contributed by atoms with E-state index in [1.54, 1.807) is 6.07 Å². The number of hydrogen-bond donors (Lipinski definition) is 1. The van der Waals surface area contributed by atoms with Gasteiger partial charge in [-0.2, -0.15) is 0 Å². The second kappa shape index (κ2) is 8.31. The summed E-state index contributed by atoms with van der Waals surface area (Å²) in [7, 11) is 0. The highest BCUT2D eigenvalue weighted by Crippen LogP contribution is 2.29. The first-order chi connectivity index (χ1) is 12.6. The van der Waals surface area contributed by atoms with Gasteiger partial charge in [-0.25, -0.2) is 0 Å². The fourth-order valence-electron chi connectivity index (χ4n) is 3.73. The lowest BCUT2D eigenvalue weighted by molar-refractivity contribution is 0.0891. The molecule has 0 heterocycles. The zero-order chi connectivity index (χ0) is 18.5. The van der Waals surface area contributed by atoms with Crippen LogP contribution in [0.25, 0.3) is 0 Å². The summed E-state index contributed by atoms with van der Waals surface area (Å²) in [5.74, 6) is 0.588. The Balaban J connectivity index is 1.65. The van der Waals surface area contributed by atoms with Crippen molar-refractivity contribution >= 4 is 11.7 Å². The molecule has 3 heteroatoms. The van der Waals surface area contributed by atoms with E-state index in [0.717, 1.165) is 36.8 Å². The number of aryl methyl sites for hydroxylation is 1. The van der Waals surface area contributed by atoms with Gasteiger partial charge in [-0.3, -0.25) is 9.59 Å². The average molecular weight is 349 g/mol. The van der Waals surface area contributed by atoms with E-state index < -0.39 is 0 Å². The largest absolute Gasteiger partial charge is 0.351 e. The van der Waals surface area contributed by atoms with Gasteiger partial charge in [0.2, 0.25) is 0 Å². The van der Waals surface area contributed by atoms with Crippen LogP contribution >= 0.6 is 0 Å². The second-order valence-electron chi connectivity index (χ2n) is 7.28. The number of fused-ring (bicyclic) bond motifs is 1. The van der Waals surface area contributed by atoms with E-state index in [-0.39, 0.29) is 23.5 Å². The lowest BCUT2D eigenvalue weighted by atomic mass is 9.80. The predicted octanol–water partition coefficient (Wildman–Crippen LogP) is 4.77. The maximum Gasteiger partial charge on any atom is 0.251 e. The Hall–Kier alpha value is -2.42. The summed E-state index contributed by atoms with van der Waals surface area (Å²) in [6.45, 7) is 4.82. The molecule has 3 rings (SSSR count). The fourth-order valence-corrected chi connectivity index (χ4v) is 3.73. The van der Waals surface area contributed by atoms with Gasteiger partial charge in [0, 0.05) is 23.6 Å². The molecule has 1 unspecified atom stereocenters. The zero-order valence-electron chi connectivity index (χ0n) is 15.6. The Morgan fingerprint density at radius 1 is 1.19 bits per heavy atom. The third-order valence-electron chi connectivity index (χ3n) is 5.34. The van der Waals surface area contributed by atoms with Crippen molar-refractivity contribution in [2.24, 2.45) is 5.92 Å². The molecular weight excluding hydrogens is 322 g/mol. The maximum absolute atomic E-state index is 12.6. The predicted molar refractivity (Wildman–Crippen MR) is 105 cm³/mol. The van der Waals surface area contributed by atoms with E-state index >= 15 is 0 Å². The number of nitrogens with one attached hydrogen (secondary N) is 1. The van der Waals surface area contributed by atoms with Crippen molar-refractivity contribution in [3.05, 3.63) is 70.8 Å². The van der Waals surface area contributed by atoms with E-state index in [2.05, 4.69) is 31.3 Å². The van der Waals surface area contributed by atoms with Crippen LogP contribution in [0.2, 0.25) is 0 Å². The molecule has 1 amide bonds. The van der Waals surface area contributed by atoms with Gasteiger partial charge in [0.25, 0.3) is 5.91 Å². The topological polar surface area (TPSA) is 46.2 Å². The molecule has 0 aliphatic heterocycles. The molecule has 0 radical (unpaired) electrons. The molecule has 0 fully saturated rings. The average Bonchev–Trinajstić information content (AvgIpc) is 2.68. The molecule has 136 valence electrons. The molecule has 0 bridgehead atoms. The SMILES string of the molecule is CCCC1CCc2cc(C(=O)NC[C@H](C)c3ccccc3)ccc2C1=O. The number of Topliss-reactive ketones (excluding diaryl/α,β-unsaturated/α-hetero) is 1. The lowest BCUT2D eigenvalue weighted by Gasteiger charge is -2.23. The molecule has 2 atom stereocenters. The van der Waals surface area contributed by atoms with Gasteiger partial charge in [0.1, 0.15) is 0 Å². The normalized spacial score (nSPS) is 17.5. The van der Waals surface area contributed by atoms with Crippen molar-refractivity contribution in [1.29, 1.82) is 0 Å². The highest BCUT2D eigenvalue weighted by Gasteiger charge is 2.27. The molecule has 26 heavy (non-hydrogen) atoms. The number of ketones is 1. The van der Waals surface area contributed by atoms with Crippen LogP contribution < -0.4 is 5.32 Å². The molecule has 1 aliphatic rings. The number of carbonyl (C=O) groups excluding carboxylic acids is 2. The van der Waals surface area contributed by atoms with Crippen LogP contribution in [0.3, 0.4) is 0 Å². The van der Waals surface area contributed by atoms with Crippen molar-refractivity contribution in [3.63, 3.8) is 0 Å². The Morgan fingerprint density at radius 3 is 2.69 bits per heavy atom. The summed E-state index contributed by atoms with van der Waals surface area (Å²) in [6, 6.07) is 15.7. The quantitative estimate of drug-likeness (QED) is 0.817. The number of amides is 1. The van der Waals surface area contributed by atoms with Gasteiger partial charge >= 0.3 is 0 Å². The minimum atomic E-state index is -0.0706. The van der Waals surface area contributed by atoms with E-state index in [9.17, 15) is 9.59 Å². The first kappa shape index (κ1) is 18.4. The molecule has 0 aromatic heterocycles. The van der Waals surface area contributed by atoms with Gasteiger partial charge in [0.15, 0.2) is 5.78 Å². The fraction of sp³-hybridized carbons (Fsp3) is 0.391. The van der Waals surface area contributed by atoms with Crippen LogP contribution in [0, 0.1) is 5.92 Å². The van der Waals surface area contributed by atoms with Crippen LogP contribution in [0.15, 0.2) is 48.5 Å². The minimum Gasteiger partial charge on any atom is -0.351 e. The number of hydrogen-bond acceptors (Lipinski definition) is 2. The van der Waals surface area contributed by atoms with Gasteiger partial charge in [0.05, 0.1) is 0 Å². The van der Waals surface area contributed by atoms with E-state index in [0.29, 0.717) is 12.1 Å². The minimum absolute atomic E-state index is 0.0706. The highest BCUT2D eigenvalue weighted by atomic mass is 16.1. The smallest absolute Gasteiger partial charge is 0.251 e. The standard InChI is InChI=1S/C23H27NO2/c1-3-7-18-10-11-19-14-20(12-13-21(19)22(18)25)23(26)24-15-16(2)17-8-5-4-6-9-17/h4-6,8-9,12-14,16,18H,3,7,10-11,15H2,1-2H3,(H,24,26)/t16-,18?/m0/s1.